The van der Waals surface area contributed by atoms with E-state index >= 15 is 0 Å². The molecule has 0 fully saturated rings. The lowest BCUT2D eigenvalue weighted by atomic mass is 10.1. The molecule has 0 saturated carbocycles. The van der Waals surface area contributed by atoms with Gasteiger partial charge in [0.1, 0.15) is 5.82 Å². The summed E-state index contributed by atoms with van der Waals surface area (Å²) in [7, 11) is 0. The fourth-order valence-corrected chi connectivity index (χ4v) is 3.05. The molecule has 0 spiro atoms. The third-order valence-electron chi connectivity index (χ3n) is 3.07. The third-order valence-corrected chi connectivity index (χ3v) is 4.20. The fourth-order valence-electron chi connectivity index (χ4n) is 2.11. The minimum absolute atomic E-state index is 0.0254. The largest absolute Gasteiger partial charge is 0.325 e. The molecule has 0 bridgehead atoms. The molecule has 1 aliphatic rings. The second-order valence-electron chi connectivity index (χ2n) is 4.49. The van der Waals surface area contributed by atoms with Gasteiger partial charge in [-0.2, -0.15) is 0 Å². The Kier molecular flexibility index (Phi) is 3.25. The van der Waals surface area contributed by atoms with Crippen molar-refractivity contribution in [2.45, 2.75) is 30.2 Å². The maximum absolute atomic E-state index is 12.2. The second-order valence-corrected chi connectivity index (χ2v) is 5.66. The molecule has 1 aromatic heterocycles. The summed E-state index contributed by atoms with van der Waals surface area (Å²) in [5.41, 5.74) is 2.10. The molecule has 1 atom stereocenters. The highest BCUT2D eigenvalue weighted by Crippen LogP contribution is 2.29. The number of para-hydroxylation sites is 1. The number of nitrogens with zero attached hydrogens (tertiary/aromatic N) is 2. The molecule has 19 heavy (non-hydrogen) atoms. The van der Waals surface area contributed by atoms with E-state index in [4.69, 9.17) is 0 Å². The number of carbonyl (C=O) groups is 1. The van der Waals surface area contributed by atoms with Crippen molar-refractivity contribution in [1.29, 1.82) is 0 Å². The third kappa shape index (κ3) is 2.63. The molecule has 1 amide bonds. The first-order valence-electron chi connectivity index (χ1n) is 6.17. The van der Waals surface area contributed by atoms with Gasteiger partial charge in [0.2, 0.25) is 11.1 Å². The number of H-pyrrole nitrogens is 1. The number of hydrogen-bond acceptors (Lipinski definition) is 4. The van der Waals surface area contributed by atoms with Crippen LogP contribution in [-0.4, -0.2) is 26.3 Å². The fraction of sp³-hybridized carbons (Fsp3) is 0.308. The lowest BCUT2D eigenvalue weighted by molar-refractivity contribution is -0.115. The number of carbonyl (C=O) groups excluding carboxylic acids is 1. The van der Waals surface area contributed by atoms with Gasteiger partial charge in [0.15, 0.2) is 0 Å². The zero-order chi connectivity index (χ0) is 13.2. The first-order valence-corrected chi connectivity index (χ1v) is 7.05. The zero-order valence-electron chi connectivity index (χ0n) is 10.5. The van der Waals surface area contributed by atoms with Crippen LogP contribution in [0.1, 0.15) is 17.8 Å². The first-order chi connectivity index (χ1) is 9.22. The number of aromatic amines is 1. The monoisotopic (exact) mass is 274 g/mol. The number of hydrogen-bond donors (Lipinski definition) is 2. The van der Waals surface area contributed by atoms with E-state index in [0.29, 0.717) is 5.16 Å². The number of thioether (sulfide) groups is 1. The molecule has 2 aromatic rings. The van der Waals surface area contributed by atoms with Crippen LogP contribution in [0.2, 0.25) is 0 Å². The molecule has 0 aliphatic carbocycles. The lowest BCUT2D eigenvalue weighted by Gasteiger charge is -2.09. The van der Waals surface area contributed by atoms with Crippen molar-refractivity contribution in [3.63, 3.8) is 0 Å². The highest BCUT2D eigenvalue weighted by molar-refractivity contribution is 8.00. The van der Waals surface area contributed by atoms with Crippen LogP contribution in [0.3, 0.4) is 0 Å². The highest BCUT2D eigenvalue weighted by Gasteiger charge is 2.25. The van der Waals surface area contributed by atoms with E-state index in [1.807, 2.05) is 25.1 Å². The summed E-state index contributed by atoms with van der Waals surface area (Å²) in [4.78, 5) is 16.4. The van der Waals surface area contributed by atoms with Crippen molar-refractivity contribution in [2.75, 3.05) is 5.32 Å². The van der Waals surface area contributed by atoms with Crippen LogP contribution in [0.15, 0.2) is 29.4 Å². The summed E-state index contributed by atoms with van der Waals surface area (Å²) in [6.45, 7) is 1.85. The molecular weight excluding hydrogens is 260 g/mol. The van der Waals surface area contributed by atoms with Crippen LogP contribution >= 0.6 is 11.8 Å². The van der Waals surface area contributed by atoms with Gasteiger partial charge >= 0.3 is 0 Å². The molecular formula is C13H14N4OS. The van der Waals surface area contributed by atoms with Crippen LogP contribution in [0.25, 0.3) is 0 Å². The van der Waals surface area contributed by atoms with E-state index in [-0.39, 0.29) is 11.2 Å². The molecule has 0 radical (unpaired) electrons. The van der Waals surface area contributed by atoms with Gasteiger partial charge < -0.3 is 5.32 Å². The Morgan fingerprint density at radius 2 is 2.21 bits per heavy atom. The standard InChI is InChI=1S/C13H14N4OS/c1-8-14-13(17-16-8)19-11-7-6-9-4-2-3-5-10(9)15-12(11)18/h2-5,11H,6-7H2,1H3,(H,15,18)(H,14,16,17)/t11-/m1/s1. The topological polar surface area (TPSA) is 70.7 Å². The number of rotatable bonds is 2. The van der Waals surface area contributed by atoms with Gasteiger partial charge in [0.05, 0.1) is 5.25 Å². The average Bonchev–Trinajstić information content (AvgIpc) is 2.74. The molecule has 2 N–H and O–H groups in total. The SMILES string of the molecule is Cc1nc(S[C@@H]2CCc3ccccc3NC2=O)n[nH]1. The van der Waals surface area contributed by atoms with Crippen molar-refractivity contribution in [3.05, 3.63) is 35.7 Å². The number of benzene rings is 1. The van der Waals surface area contributed by atoms with Gasteiger partial charge in [0, 0.05) is 5.69 Å². The maximum atomic E-state index is 12.2. The summed E-state index contributed by atoms with van der Waals surface area (Å²) in [6.07, 6.45) is 1.68. The second kappa shape index (κ2) is 5.05. The average molecular weight is 274 g/mol. The Bertz CT molecular complexity index is 610. The lowest BCUT2D eigenvalue weighted by Crippen LogP contribution is -2.23. The molecule has 5 nitrogen and oxygen atoms in total. The molecule has 1 aliphatic heterocycles. The Morgan fingerprint density at radius 3 is 3.00 bits per heavy atom. The van der Waals surface area contributed by atoms with Gasteiger partial charge in [-0.15, -0.1) is 5.10 Å². The van der Waals surface area contributed by atoms with Crippen LogP contribution in [0.4, 0.5) is 5.69 Å². The number of anilines is 1. The number of fused-ring (bicyclic) bond motifs is 1. The Morgan fingerprint density at radius 1 is 1.37 bits per heavy atom. The normalized spacial score (nSPS) is 18.6. The van der Waals surface area contributed by atoms with Gasteiger partial charge in [-0.1, -0.05) is 30.0 Å². The number of nitrogens with one attached hydrogen (secondary N) is 2. The summed E-state index contributed by atoms with van der Waals surface area (Å²) in [5, 5.41) is 10.3. The van der Waals surface area contributed by atoms with E-state index < -0.39 is 0 Å². The van der Waals surface area contributed by atoms with Gasteiger partial charge in [-0.05, 0) is 31.4 Å². The summed E-state index contributed by atoms with van der Waals surface area (Å²) >= 11 is 1.41. The highest BCUT2D eigenvalue weighted by atomic mass is 32.2. The molecule has 0 saturated heterocycles. The van der Waals surface area contributed by atoms with Gasteiger partial charge in [-0.3, -0.25) is 9.89 Å². The quantitative estimate of drug-likeness (QED) is 0.880. The molecule has 98 valence electrons. The Labute approximate surface area is 115 Å². The van der Waals surface area contributed by atoms with Crippen LogP contribution in [-0.2, 0) is 11.2 Å². The minimum Gasteiger partial charge on any atom is -0.325 e. The van der Waals surface area contributed by atoms with Gasteiger partial charge in [0.25, 0.3) is 0 Å². The molecule has 1 aromatic carbocycles. The van der Waals surface area contributed by atoms with E-state index in [0.717, 1.165) is 24.4 Å². The molecule has 3 rings (SSSR count). The predicted molar refractivity (Wildman–Crippen MR) is 74.2 cm³/mol. The number of aryl methyl sites for hydroxylation is 2. The van der Waals surface area contributed by atoms with E-state index in [9.17, 15) is 4.79 Å². The summed E-state index contributed by atoms with van der Waals surface area (Å²) in [6, 6.07) is 7.93. The predicted octanol–water partition coefficient (Wildman–Crippen LogP) is 2.16. The van der Waals surface area contributed by atoms with Gasteiger partial charge in [-0.25, -0.2) is 4.98 Å². The van der Waals surface area contributed by atoms with Crippen molar-refractivity contribution >= 4 is 23.4 Å². The smallest absolute Gasteiger partial charge is 0.237 e. The summed E-state index contributed by atoms with van der Waals surface area (Å²) < 4.78 is 0. The van der Waals surface area contributed by atoms with E-state index in [1.54, 1.807) is 0 Å². The van der Waals surface area contributed by atoms with E-state index in [2.05, 4.69) is 26.6 Å². The number of aromatic nitrogens is 3. The molecule has 2 heterocycles. The van der Waals surface area contributed by atoms with Crippen molar-refractivity contribution in [2.24, 2.45) is 0 Å². The zero-order valence-corrected chi connectivity index (χ0v) is 11.3. The van der Waals surface area contributed by atoms with Crippen molar-refractivity contribution in [3.8, 4) is 0 Å². The van der Waals surface area contributed by atoms with Crippen LogP contribution in [0, 0.1) is 6.92 Å². The maximum Gasteiger partial charge on any atom is 0.237 e. The Balaban J connectivity index is 1.77. The van der Waals surface area contributed by atoms with E-state index in [1.165, 1.54) is 17.3 Å². The minimum atomic E-state index is -0.150. The van der Waals surface area contributed by atoms with Crippen molar-refractivity contribution in [1.82, 2.24) is 15.2 Å². The summed E-state index contributed by atoms with van der Waals surface area (Å²) in [5.74, 6) is 0.789. The molecule has 0 unspecified atom stereocenters. The number of amides is 1. The molecule has 6 heteroatoms. The van der Waals surface area contributed by atoms with Crippen LogP contribution < -0.4 is 5.32 Å². The first kappa shape index (κ1) is 12.2. The van der Waals surface area contributed by atoms with Crippen LogP contribution in [0.5, 0.6) is 0 Å². The Hall–Kier alpha value is -1.82. The van der Waals surface area contributed by atoms with Crippen molar-refractivity contribution < 1.29 is 4.79 Å².